The fourth-order valence-corrected chi connectivity index (χ4v) is 13.6. The van der Waals surface area contributed by atoms with Crippen molar-refractivity contribution in [1.82, 2.24) is 0 Å². The summed E-state index contributed by atoms with van der Waals surface area (Å²) in [4.78, 5) is 5.19. The molecule has 4 heteroatoms. The highest BCUT2D eigenvalue weighted by Crippen LogP contribution is 2.51. The summed E-state index contributed by atoms with van der Waals surface area (Å²) in [5.41, 5.74) is 20.7. The van der Waals surface area contributed by atoms with Crippen LogP contribution in [-0.4, -0.2) is 6.71 Å². The molecule has 0 atom stereocenters. The molecule has 0 radical (unpaired) electrons. The quantitative estimate of drug-likeness (QED) is 0.121. The van der Waals surface area contributed by atoms with Crippen LogP contribution in [0.4, 0.5) is 34.1 Å². The van der Waals surface area contributed by atoms with Gasteiger partial charge in [0.1, 0.15) is 0 Å². The second kappa shape index (κ2) is 16.4. The van der Waals surface area contributed by atoms with Crippen molar-refractivity contribution < 1.29 is 0 Å². The molecule has 15 rings (SSSR count). The van der Waals surface area contributed by atoms with E-state index < -0.39 is 0 Å². The molecule has 12 aromatic carbocycles. The van der Waals surface area contributed by atoms with Gasteiger partial charge in [-0.25, -0.2) is 0 Å². The number of hydrogen-bond acceptors (Lipinski definition) is 3. The van der Waals surface area contributed by atoms with E-state index >= 15 is 0 Å². The summed E-state index contributed by atoms with van der Waals surface area (Å²) in [6.45, 7) is 7.06. The molecule has 2 nitrogen and oxygen atoms in total. The summed E-state index contributed by atoms with van der Waals surface area (Å²) >= 11 is 1.96. The van der Waals surface area contributed by atoms with Crippen LogP contribution in [0.1, 0.15) is 26.3 Å². The molecule has 0 amide bonds. The lowest BCUT2D eigenvalue weighted by Crippen LogP contribution is -2.60. The fourth-order valence-electron chi connectivity index (χ4n) is 12.2. The van der Waals surface area contributed by atoms with Crippen LogP contribution in [0.25, 0.3) is 86.9 Å². The van der Waals surface area contributed by atoms with Crippen molar-refractivity contribution in [2.24, 2.45) is 0 Å². The molecule has 2 aliphatic heterocycles. The molecule has 0 saturated carbocycles. The average molecular weight is 961 g/mol. The topological polar surface area (TPSA) is 6.48 Å². The van der Waals surface area contributed by atoms with Crippen LogP contribution in [0.5, 0.6) is 0 Å². The first-order valence-electron chi connectivity index (χ1n) is 25.8. The lowest BCUT2D eigenvalue weighted by atomic mass is 9.36. The van der Waals surface area contributed by atoms with Crippen LogP contribution >= 0.6 is 11.3 Å². The van der Waals surface area contributed by atoms with Gasteiger partial charge >= 0.3 is 0 Å². The Labute approximate surface area is 436 Å². The van der Waals surface area contributed by atoms with Gasteiger partial charge in [-0.2, -0.15) is 0 Å². The maximum Gasteiger partial charge on any atom is 0.264 e. The zero-order valence-corrected chi connectivity index (χ0v) is 42.3. The smallest absolute Gasteiger partial charge is 0.264 e. The summed E-state index contributed by atoms with van der Waals surface area (Å²) < 4.78 is 2.66. The van der Waals surface area contributed by atoms with Gasteiger partial charge in [-0.15, -0.1) is 11.3 Å². The minimum absolute atomic E-state index is 0.0178. The fraction of sp³-hybridized carbons (Fsp3) is 0.0571. The first-order valence-corrected chi connectivity index (χ1v) is 26.7. The summed E-state index contributed by atoms with van der Waals surface area (Å²) in [7, 11) is 0. The molecule has 1 aromatic heterocycles. The highest BCUT2D eigenvalue weighted by Gasteiger charge is 2.46. The second-order valence-electron chi connectivity index (χ2n) is 21.3. The third kappa shape index (κ3) is 6.71. The molecule has 0 saturated heterocycles. The molecular weight excluding hydrogens is 912 g/mol. The molecular formula is C70H49BN2S. The van der Waals surface area contributed by atoms with Gasteiger partial charge in [0.05, 0.1) is 5.69 Å². The Morgan fingerprint density at radius 2 is 0.838 bits per heavy atom. The van der Waals surface area contributed by atoms with Gasteiger partial charge in [-0.1, -0.05) is 203 Å². The number of thiophene rings is 1. The third-order valence-corrected chi connectivity index (χ3v) is 17.1. The molecule has 2 aliphatic rings. The van der Waals surface area contributed by atoms with Gasteiger partial charge < -0.3 is 9.80 Å². The van der Waals surface area contributed by atoms with Crippen molar-refractivity contribution in [3.05, 3.63) is 248 Å². The monoisotopic (exact) mass is 960 g/mol. The maximum absolute atomic E-state index is 2.61. The first-order chi connectivity index (χ1) is 36.3. The molecule has 0 unspecified atom stereocenters. The van der Waals surface area contributed by atoms with E-state index in [-0.39, 0.29) is 12.1 Å². The Balaban J connectivity index is 1.00. The molecule has 0 spiro atoms. The SMILES string of the molecule is CC(C)(C)c1cc2c3c(c1)N(c1ccc(-c4ccccc4)cc1)c1c(sc4cc(-c5ccccc5)ccc14)B3c1ccc(-c3cc4ccc5cccc6ccc(c3)c4c56)cc1N2c1ccc(-c2ccccc2)cc1. The van der Waals surface area contributed by atoms with E-state index in [2.05, 4.69) is 273 Å². The predicted octanol–water partition coefficient (Wildman–Crippen LogP) is 17.8. The van der Waals surface area contributed by atoms with Crippen LogP contribution in [0.2, 0.25) is 0 Å². The molecule has 13 aromatic rings. The third-order valence-electron chi connectivity index (χ3n) is 15.9. The van der Waals surface area contributed by atoms with E-state index in [1.54, 1.807) is 0 Å². The zero-order chi connectivity index (χ0) is 49.2. The normalized spacial score (nSPS) is 13.0. The summed E-state index contributed by atoms with van der Waals surface area (Å²) in [6.07, 6.45) is 0. The summed E-state index contributed by atoms with van der Waals surface area (Å²) in [6, 6.07) is 91.1. The van der Waals surface area contributed by atoms with Gasteiger partial charge in [-0.05, 0) is 159 Å². The highest BCUT2D eigenvalue weighted by atomic mass is 32.1. The number of rotatable bonds is 6. The summed E-state index contributed by atoms with van der Waals surface area (Å²) in [5, 5.41) is 9.08. The largest absolute Gasteiger partial charge is 0.311 e. The molecule has 0 aliphatic carbocycles. The minimum Gasteiger partial charge on any atom is -0.311 e. The van der Waals surface area contributed by atoms with Crippen LogP contribution in [0, 0.1) is 0 Å². The number of benzene rings is 12. The average Bonchev–Trinajstić information content (AvgIpc) is 3.83. The van der Waals surface area contributed by atoms with E-state index in [0.29, 0.717) is 0 Å². The molecule has 0 fully saturated rings. The number of fused-ring (bicyclic) bond motifs is 6. The number of hydrogen-bond donors (Lipinski definition) is 0. The predicted molar refractivity (Wildman–Crippen MR) is 320 cm³/mol. The Bertz CT molecular complexity index is 4260. The van der Waals surface area contributed by atoms with Crippen molar-refractivity contribution in [1.29, 1.82) is 0 Å². The van der Waals surface area contributed by atoms with E-state index in [1.165, 1.54) is 131 Å². The van der Waals surface area contributed by atoms with Crippen LogP contribution in [-0.2, 0) is 5.41 Å². The van der Waals surface area contributed by atoms with E-state index in [1.807, 2.05) is 11.3 Å². The number of nitrogens with zero attached hydrogens (tertiary/aromatic N) is 2. The molecule has 0 N–H and O–H groups in total. The Morgan fingerprint density at radius 3 is 1.42 bits per heavy atom. The van der Waals surface area contributed by atoms with Gasteiger partial charge in [0.25, 0.3) is 6.71 Å². The Morgan fingerprint density at radius 1 is 0.365 bits per heavy atom. The van der Waals surface area contributed by atoms with E-state index in [0.717, 1.165) is 11.4 Å². The molecule has 3 heterocycles. The zero-order valence-electron chi connectivity index (χ0n) is 41.5. The lowest BCUT2D eigenvalue weighted by molar-refractivity contribution is 0.590. The van der Waals surface area contributed by atoms with Gasteiger partial charge in [0, 0.05) is 43.3 Å². The van der Waals surface area contributed by atoms with Gasteiger partial charge in [0.15, 0.2) is 0 Å². The van der Waals surface area contributed by atoms with Crippen molar-refractivity contribution >= 4 is 110 Å². The Kier molecular flexibility index (Phi) is 9.52. The van der Waals surface area contributed by atoms with Crippen molar-refractivity contribution in [3.63, 3.8) is 0 Å². The Hall–Kier alpha value is -8.70. The van der Waals surface area contributed by atoms with Gasteiger partial charge in [0.2, 0.25) is 0 Å². The molecule has 74 heavy (non-hydrogen) atoms. The minimum atomic E-state index is -0.152. The molecule has 0 bridgehead atoms. The first kappa shape index (κ1) is 42.9. The summed E-state index contributed by atoms with van der Waals surface area (Å²) in [5.74, 6) is 0. The lowest BCUT2D eigenvalue weighted by Gasteiger charge is -2.44. The number of anilines is 6. The van der Waals surface area contributed by atoms with Crippen molar-refractivity contribution in [2.75, 3.05) is 9.80 Å². The van der Waals surface area contributed by atoms with Crippen molar-refractivity contribution in [3.8, 4) is 44.5 Å². The van der Waals surface area contributed by atoms with Crippen LogP contribution in [0.3, 0.4) is 0 Å². The van der Waals surface area contributed by atoms with E-state index in [9.17, 15) is 0 Å². The van der Waals surface area contributed by atoms with Crippen LogP contribution < -0.4 is 25.5 Å². The molecule has 348 valence electrons. The highest BCUT2D eigenvalue weighted by molar-refractivity contribution is 7.33. The second-order valence-corrected chi connectivity index (χ2v) is 22.4. The van der Waals surface area contributed by atoms with Crippen LogP contribution in [0.15, 0.2) is 243 Å². The van der Waals surface area contributed by atoms with Gasteiger partial charge in [-0.3, -0.25) is 0 Å². The van der Waals surface area contributed by atoms with Crippen molar-refractivity contribution in [2.45, 2.75) is 26.2 Å². The van der Waals surface area contributed by atoms with E-state index in [4.69, 9.17) is 0 Å². The standard InChI is InChI=1S/C70H49BN2S/c1-70(2,3)56-42-62-67-63(43-56)73(58-34-28-48(29-35-58)45-16-9-5-10-17-45)68-59-36-30-52(46-18-11-6-12-19-46)41-64(59)74-69(68)71(67)60-37-31-51(40-61(60)72(62)57-32-26-47(27-33-57)44-14-7-4-8-15-44)55-38-53-24-22-49-20-13-21-50-23-25-54(39-55)66(53)65(49)50/h4-43H,1-3H3. The maximum atomic E-state index is 2.61.